The average molecular weight is 231 g/mol. The Morgan fingerprint density at radius 2 is 1.79 bits per heavy atom. The standard InChI is InChI=1S/C11H21NS2/c1-3-12(4-2)11(13)14-10-8-6-5-7-9-10/h10H,3-9H2,1-2H3. The molecule has 3 heteroatoms. The molecule has 0 radical (unpaired) electrons. The summed E-state index contributed by atoms with van der Waals surface area (Å²) in [5.41, 5.74) is 0. The molecule has 1 nitrogen and oxygen atoms in total. The van der Waals surface area contributed by atoms with Gasteiger partial charge in [-0.2, -0.15) is 0 Å². The van der Waals surface area contributed by atoms with E-state index in [0.29, 0.717) is 0 Å². The molecule has 0 N–H and O–H groups in total. The first-order valence-corrected chi connectivity index (χ1v) is 7.02. The largest absolute Gasteiger partial charge is 0.358 e. The summed E-state index contributed by atoms with van der Waals surface area (Å²) in [5.74, 6) is 0. The fraction of sp³-hybridized carbons (Fsp3) is 0.909. The number of thioether (sulfide) groups is 1. The lowest BCUT2D eigenvalue weighted by Gasteiger charge is -2.26. The van der Waals surface area contributed by atoms with Crippen LogP contribution in [0.5, 0.6) is 0 Å². The topological polar surface area (TPSA) is 3.24 Å². The third kappa shape index (κ3) is 3.77. The van der Waals surface area contributed by atoms with Gasteiger partial charge in [0.05, 0.1) is 0 Å². The molecule has 1 aliphatic rings. The van der Waals surface area contributed by atoms with Gasteiger partial charge in [0.15, 0.2) is 0 Å². The first kappa shape index (κ1) is 12.3. The quantitative estimate of drug-likeness (QED) is 0.682. The summed E-state index contributed by atoms with van der Waals surface area (Å²) >= 11 is 7.38. The zero-order chi connectivity index (χ0) is 10.4. The van der Waals surface area contributed by atoms with E-state index in [1.165, 1.54) is 32.1 Å². The zero-order valence-electron chi connectivity index (χ0n) is 9.29. The fourth-order valence-corrected chi connectivity index (χ4v) is 3.81. The Hall–Kier alpha value is 0.240. The van der Waals surface area contributed by atoms with Crippen LogP contribution in [0.15, 0.2) is 0 Å². The van der Waals surface area contributed by atoms with Gasteiger partial charge in [-0.15, -0.1) is 0 Å². The van der Waals surface area contributed by atoms with Gasteiger partial charge in [-0.05, 0) is 26.7 Å². The van der Waals surface area contributed by atoms with Gasteiger partial charge in [0.25, 0.3) is 0 Å². The molecule has 82 valence electrons. The summed E-state index contributed by atoms with van der Waals surface area (Å²) < 4.78 is 1.11. The van der Waals surface area contributed by atoms with E-state index in [2.05, 4.69) is 18.7 Å². The summed E-state index contributed by atoms with van der Waals surface area (Å²) in [5, 5.41) is 0.803. The van der Waals surface area contributed by atoms with Crippen molar-refractivity contribution in [2.45, 2.75) is 51.2 Å². The van der Waals surface area contributed by atoms with Gasteiger partial charge in [-0.1, -0.05) is 43.2 Å². The van der Waals surface area contributed by atoms with Gasteiger partial charge in [0.2, 0.25) is 0 Å². The van der Waals surface area contributed by atoms with Crippen LogP contribution in [0.4, 0.5) is 0 Å². The maximum Gasteiger partial charge on any atom is 0.136 e. The number of hydrogen-bond acceptors (Lipinski definition) is 2. The van der Waals surface area contributed by atoms with E-state index in [1.807, 2.05) is 11.8 Å². The molecule has 0 saturated heterocycles. The minimum atomic E-state index is 0.803. The highest BCUT2D eigenvalue weighted by Crippen LogP contribution is 2.29. The lowest BCUT2D eigenvalue weighted by atomic mass is 10.0. The van der Waals surface area contributed by atoms with Crippen LogP contribution < -0.4 is 0 Å². The van der Waals surface area contributed by atoms with Gasteiger partial charge in [0, 0.05) is 18.3 Å². The molecule has 0 aromatic heterocycles. The summed E-state index contributed by atoms with van der Waals surface area (Å²) in [6.07, 6.45) is 6.96. The minimum Gasteiger partial charge on any atom is -0.358 e. The average Bonchev–Trinajstić information content (AvgIpc) is 2.21. The van der Waals surface area contributed by atoms with E-state index in [4.69, 9.17) is 12.2 Å². The number of rotatable bonds is 3. The molecule has 0 unspecified atom stereocenters. The van der Waals surface area contributed by atoms with Crippen LogP contribution in [0.25, 0.3) is 0 Å². The van der Waals surface area contributed by atoms with E-state index in [-0.39, 0.29) is 0 Å². The molecule has 0 amide bonds. The Balaban J connectivity index is 2.30. The molecule has 0 bridgehead atoms. The van der Waals surface area contributed by atoms with E-state index in [1.54, 1.807) is 0 Å². The van der Waals surface area contributed by atoms with Gasteiger partial charge in [-0.3, -0.25) is 0 Å². The van der Waals surface area contributed by atoms with Crippen molar-refractivity contribution in [1.82, 2.24) is 4.90 Å². The lowest BCUT2D eigenvalue weighted by Crippen LogP contribution is -2.28. The van der Waals surface area contributed by atoms with E-state index < -0.39 is 0 Å². The Bertz CT molecular complexity index is 172. The second-order valence-corrected chi connectivity index (χ2v) is 5.75. The van der Waals surface area contributed by atoms with Crippen molar-refractivity contribution >= 4 is 28.3 Å². The molecular weight excluding hydrogens is 210 g/mol. The van der Waals surface area contributed by atoms with Crippen molar-refractivity contribution in [3.63, 3.8) is 0 Å². The van der Waals surface area contributed by atoms with Crippen molar-refractivity contribution in [1.29, 1.82) is 0 Å². The molecule has 0 heterocycles. The zero-order valence-corrected chi connectivity index (χ0v) is 10.9. The highest BCUT2D eigenvalue weighted by Gasteiger charge is 2.17. The maximum atomic E-state index is 5.44. The van der Waals surface area contributed by atoms with Crippen LogP contribution in [-0.4, -0.2) is 27.6 Å². The van der Waals surface area contributed by atoms with Gasteiger partial charge >= 0.3 is 0 Å². The third-order valence-corrected chi connectivity index (χ3v) is 4.65. The summed E-state index contributed by atoms with van der Waals surface area (Å²) in [6, 6.07) is 0. The molecule has 1 fully saturated rings. The number of nitrogens with zero attached hydrogens (tertiary/aromatic N) is 1. The Morgan fingerprint density at radius 1 is 1.21 bits per heavy atom. The van der Waals surface area contributed by atoms with Crippen LogP contribution in [-0.2, 0) is 0 Å². The number of thiocarbonyl (C=S) groups is 1. The van der Waals surface area contributed by atoms with Crippen molar-refractivity contribution in [2.75, 3.05) is 13.1 Å². The molecule has 0 aromatic rings. The maximum absolute atomic E-state index is 5.44. The lowest BCUT2D eigenvalue weighted by molar-refractivity contribution is 0.480. The molecule has 1 aliphatic carbocycles. The van der Waals surface area contributed by atoms with Crippen molar-refractivity contribution < 1.29 is 0 Å². The minimum absolute atomic E-state index is 0.803. The van der Waals surface area contributed by atoms with Gasteiger partial charge in [0.1, 0.15) is 4.32 Å². The van der Waals surface area contributed by atoms with Crippen LogP contribution in [0.3, 0.4) is 0 Å². The van der Waals surface area contributed by atoms with Crippen LogP contribution in [0.2, 0.25) is 0 Å². The highest BCUT2D eigenvalue weighted by molar-refractivity contribution is 8.23. The fourth-order valence-electron chi connectivity index (χ4n) is 1.88. The van der Waals surface area contributed by atoms with Crippen molar-refractivity contribution in [3.8, 4) is 0 Å². The molecule has 14 heavy (non-hydrogen) atoms. The smallest absolute Gasteiger partial charge is 0.136 e. The molecular formula is C11H21NS2. The normalized spacial score (nSPS) is 18.1. The Morgan fingerprint density at radius 3 is 2.29 bits per heavy atom. The van der Waals surface area contributed by atoms with E-state index in [0.717, 1.165) is 22.7 Å². The first-order chi connectivity index (χ1) is 6.77. The van der Waals surface area contributed by atoms with Gasteiger partial charge in [-0.25, -0.2) is 0 Å². The molecule has 1 rings (SSSR count). The first-order valence-electron chi connectivity index (χ1n) is 5.73. The number of hydrogen-bond donors (Lipinski definition) is 0. The van der Waals surface area contributed by atoms with Crippen LogP contribution in [0.1, 0.15) is 46.0 Å². The molecule has 0 atom stereocenters. The van der Waals surface area contributed by atoms with Crippen molar-refractivity contribution in [2.24, 2.45) is 0 Å². The SMILES string of the molecule is CCN(CC)C(=S)SC1CCCCC1. The molecule has 0 aliphatic heterocycles. The highest BCUT2D eigenvalue weighted by atomic mass is 32.2. The molecule has 0 aromatic carbocycles. The van der Waals surface area contributed by atoms with E-state index >= 15 is 0 Å². The van der Waals surface area contributed by atoms with Gasteiger partial charge < -0.3 is 4.90 Å². The van der Waals surface area contributed by atoms with Crippen molar-refractivity contribution in [3.05, 3.63) is 0 Å². The van der Waals surface area contributed by atoms with E-state index in [9.17, 15) is 0 Å². The predicted octanol–water partition coefficient (Wildman–Crippen LogP) is 3.68. The van der Waals surface area contributed by atoms with Crippen LogP contribution in [0, 0.1) is 0 Å². The second-order valence-electron chi connectivity index (χ2n) is 3.82. The second kappa shape index (κ2) is 6.67. The predicted molar refractivity (Wildman–Crippen MR) is 70.0 cm³/mol. The van der Waals surface area contributed by atoms with Crippen LogP contribution >= 0.6 is 24.0 Å². The summed E-state index contributed by atoms with van der Waals surface area (Å²) in [6.45, 7) is 6.46. The Kier molecular flexibility index (Phi) is 5.87. The summed E-state index contributed by atoms with van der Waals surface area (Å²) in [4.78, 5) is 2.29. The molecule has 0 spiro atoms. The summed E-state index contributed by atoms with van der Waals surface area (Å²) in [7, 11) is 0. The monoisotopic (exact) mass is 231 g/mol. The molecule has 1 saturated carbocycles. The third-order valence-electron chi connectivity index (χ3n) is 2.84. The Labute approximate surface area is 97.6 Å².